The summed E-state index contributed by atoms with van der Waals surface area (Å²) in [5, 5.41) is 2.65. The highest BCUT2D eigenvalue weighted by Crippen LogP contribution is 2.26. The number of anilines is 1. The van der Waals surface area contributed by atoms with E-state index < -0.39 is 0 Å². The number of hydrogen-bond acceptors (Lipinski definition) is 5. The van der Waals surface area contributed by atoms with Crippen LogP contribution in [0.2, 0.25) is 0 Å². The Morgan fingerprint density at radius 3 is 2.75 bits per heavy atom. The lowest BCUT2D eigenvalue weighted by atomic mass is 10.3. The fourth-order valence-corrected chi connectivity index (χ4v) is 3.25. The minimum absolute atomic E-state index is 0.0794. The summed E-state index contributed by atoms with van der Waals surface area (Å²) in [7, 11) is 1.63. The SMILES string of the molecule is COc1ccc(SC(C)C(=O)Nc2ccc3[nH]c(=S)oc3c2)cc1. The first-order chi connectivity index (χ1) is 11.5. The molecule has 7 heteroatoms. The number of oxazole rings is 1. The average molecular weight is 360 g/mol. The van der Waals surface area contributed by atoms with Crippen LogP contribution in [-0.4, -0.2) is 23.3 Å². The number of thioether (sulfide) groups is 1. The molecule has 0 radical (unpaired) electrons. The van der Waals surface area contributed by atoms with E-state index in [1.165, 1.54) is 11.8 Å². The van der Waals surface area contributed by atoms with Crippen molar-refractivity contribution in [3.8, 4) is 5.75 Å². The van der Waals surface area contributed by atoms with E-state index in [9.17, 15) is 4.79 Å². The van der Waals surface area contributed by atoms with Crippen LogP contribution in [0.25, 0.3) is 11.1 Å². The summed E-state index contributed by atoms with van der Waals surface area (Å²) in [6.07, 6.45) is 0. The molecule has 0 saturated carbocycles. The first-order valence-corrected chi connectivity index (χ1v) is 8.58. The molecule has 2 N–H and O–H groups in total. The van der Waals surface area contributed by atoms with Gasteiger partial charge in [0, 0.05) is 16.6 Å². The Bertz CT molecular complexity index is 915. The van der Waals surface area contributed by atoms with E-state index in [0.29, 0.717) is 16.1 Å². The van der Waals surface area contributed by atoms with Crippen molar-refractivity contribution < 1.29 is 13.9 Å². The van der Waals surface area contributed by atoms with Gasteiger partial charge in [-0.2, -0.15) is 0 Å². The molecule has 1 atom stereocenters. The first kappa shape index (κ1) is 16.6. The molecule has 0 aliphatic heterocycles. The number of H-pyrrole nitrogens is 1. The third kappa shape index (κ3) is 3.80. The minimum Gasteiger partial charge on any atom is -0.497 e. The van der Waals surface area contributed by atoms with Gasteiger partial charge in [-0.3, -0.25) is 4.79 Å². The van der Waals surface area contributed by atoms with E-state index in [2.05, 4.69) is 10.3 Å². The zero-order chi connectivity index (χ0) is 17.1. The molecule has 1 heterocycles. The monoisotopic (exact) mass is 360 g/mol. The largest absolute Gasteiger partial charge is 0.497 e. The zero-order valence-electron chi connectivity index (χ0n) is 13.2. The van der Waals surface area contributed by atoms with Crippen molar-refractivity contribution in [2.24, 2.45) is 0 Å². The zero-order valence-corrected chi connectivity index (χ0v) is 14.8. The molecular weight excluding hydrogens is 344 g/mol. The number of rotatable bonds is 5. The summed E-state index contributed by atoms with van der Waals surface area (Å²) in [5.74, 6) is 0.713. The minimum atomic E-state index is -0.244. The molecule has 0 spiro atoms. The van der Waals surface area contributed by atoms with Gasteiger partial charge in [0.25, 0.3) is 4.84 Å². The van der Waals surface area contributed by atoms with Crippen LogP contribution < -0.4 is 10.1 Å². The Balaban J connectivity index is 1.66. The van der Waals surface area contributed by atoms with Crippen LogP contribution in [0.1, 0.15) is 6.92 Å². The molecule has 0 aliphatic carbocycles. The predicted molar refractivity (Wildman–Crippen MR) is 98.3 cm³/mol. The average Bonchev–Trinajstić information content (AvgIpc) is 2.94. The predicted octanol–water partition coefficient (Wildman–Crippen LogP) is 4.62. The second-order valence-electron chi connectivity index (χ2n) is 5.15. The van der Waals surface area contributed by atoms with E-state index in [0.717, 1.165) is 16.2 Å². The molecule has 3 rings (SSSR count). The topological polar surface area (TPSA) is 67.3 Å². The normalized spacial score (nSPS) is 12.1. The Kier molecular flexibility index (Phi) is 4.92. The maximum Gasteiger partial charge on any atom is 0.266 e. The summed E-state index contributed by atoms with van der Waals surface area (Å²) in [5.41, 5.74) is 2.10. The van der Waals surface area contributed by atoms with Gasteiger partial charge in [-0.1, -0.05) is 0 Å². The fourth-order valence-electron chi connectivity index (χ4n) is 2.18. The highest BCUT2D eigenvalue weighted by molar-refractivity contribution is 8.00. The van der Waals surface area contributed by atoms with Gasteiger partial charge in [0.15, 0.2) is 5.58 Å². The van der Waals surface area contributed by atoms with Crippen molar-refractivity contribution in [1.29, 1.82) is 0 Å². The Morgan fingerprint density at radius 2 is 2.04 bits per heavy atom. The van der Waals surface area contributed by atoms with Crippen LogP contribution in [0.5, 0.6) is 5.75 Å². The highest BCUT2D eigenvalue weighted by Gasteiger charge is 2.15. The number of hydrogen-bond donors (Lipinski definition) is 2. The molecular formula is C17H16N2O3S2. The smallest absolute Gasteiger partial charge is 0.266 e. The molecule has 1 aromatic heterocycles. The van der Waals surface area contributed by atoms with Crippen molar-refractivity contribution in [2.75, 3.05) is 12.4 Å². The molecule has 24 heavy (non-hydrogen) atoms. The highest BCUT2D eigenvalue weighted by atomic mass is 32.2. The van der Waals surface area contributed by atoms with Crippen LogP contribution >= 0.6 is 24.0 Å². The molecule has 0 saturated heterocycles. The number of nitrogens with one attached hydrogen (secondary N) is 2. The van der Waals surface area contributed by atoms with Gasteiger partial charge in [-0.15, -0.1) is 11.8 Å². The number of methoxy groups -OCH3 is 1. The number of fused-ring (bicyclic) bond motifs is 1. The molecule has 1 amide bonds. The molecule has 0 fully saturated rings. The third-order valence-electron chi connectivity index (χ3n) is 3.43. The number of amides is 1. The maximum absolute atomic E-state index is 12.4. The lowest BCUT2D eigenvalue weighted by molar-refractivity contribution is -0.115. The van der Waals surface area contributed by atoms with Crippen molar-refractivity contribution in [1.82, 2.24) is 4.98 Å². The molecule has 1 unspecified atom stereocenters. The third-order valence-corrected chi connectivity index (χ3v) is 4.73. The summed E-state index contributed by atoms with van der Waals surface area (Å²) in [6, 6.07) is 13.0. The molecule has 5 nitrogen and oxygen atoms in total. The van der Waals surface area contributed by atoms with E-state index in [4.69, 9.17) is 21.4 Å². The summed E-state index contributed by atoms with van der Waals surface area (Å²) < 4.78 is 10.5. The fraction of sp³-hybridized carbons (Fsp3) is 0.176. The number of aromatic amines is 1. The van der Waals surface area contributed by atoms with Crippen molar-refractivity contribution in [3.63, 3.8) is 0 Å². The van der Waals surface area contributed by atoms with Crippen LogP contribution in [0, 0.1) is 4.84 Å². The van der Waals surface area contributed by atoms with E-state index >= 15 is 0 Å². The lowest BCUT2D eigenvalue weighted by Gasteiger charge is -2.12. The first-order valence-electron chi connectivity index (χ1n) is 7.29. The summed E-state index contributed by atoms with van der Waals surface area (Å²) in [4.78, 5) is 16.6. The van der Waals surface area contributed by atoms with Crippen molar-refractivity contribution in [2.45, 2.75) is 17.1 Å². The van der Waals surface area contributed by atoms with Gasteiger partial charge in [0.2, 0.25) is 5.91 Å². The standard InChI is InChI=1S/C17H16N2O3S2/c1-10(24-13-6-4-12(21-2)5-7-13)16(20)18-11-3-8-14-15(9-11)22-17(23)19-14/h3-10H,1-2H3,(H,18,20)(H,19,23). The molecule has 0 aliphatic rings. The Morgan fingerprint density at radius 1 is 1.29 bits per heavy atom. The molecule has 0 bridgehead atoms. The molecule has 2 aromatic carbocycles. The summed E-state index contributed by atoms with van der Waals surface area (Å²) in [6.45, 7) is 1.87. The van der Waals surface area contributed by atoms with E-state index in [1.54, 1.807) is 13.2 Å². The Labute approximate surface area is 148 Å². The van der Waals surface area contributed by atoms with Crippen LogP contribution in [0.15, 0.2) is 51.8 Å². The van der Waals surface area contributed by atoms with Crippen LogP contribution in [0.4, 0.5) is 5.69 Å². The number of carbonyl (C=O) groups excluding carboxylic acids is 1. The maximum atomic E-state index is 12.4. The van der Waals surface area contributed by atoms with Crippen molar-refractivity contribution >= 4 is 46.7 Å². The van der Waals surface area contributed by atoms with Gasteiger partial charge >= 0.3 is 0 Å². The van der Waals surface area contributed by atoms with Gasteiger partial charge in [-0.05, 0) is 55.5 Å². The molecule has 124 valence electrons. The van der Waals surface area contributed by atoms with E-state index in [-0.39, 0.29) is 11.2 Å². The number of benzene rings is 2. The number of aromatic nitrogens is 1. The number of carbonyl (C=O) groups is 1. The number of ether oxygens (including phenoxy) is 1. The van der Waals surface area contributed by atoms with Gasteiger partial charge in [0.05, 0.1) is 17.9 Å². The van der Waals surface area contributed by atoms with Crippen LogP contribution in [-0.2, 0) is 4.79 Å². The van der Waals surface area contributed by atoms with Gasteiger partial charge in [0.1, 0.15) is 5.75 Å². The second kappa shape index (κ2) is 7.11. The second-order valence-corrected chi connectivity index (χ2v) is 6.94. The molecule has 3 aromatic rings. The quantitative estimate of drug-likeness (QED) is 0.513. The van der Waals surface area contributed by atoms with Gasteiger partial charge in [-0.25, -0.2) is 0 Å². The Hall–Kier alpha value is -2.25. The lowest BCUT2D eigenvalue weighted by Crippen LogP contribution is -2.22. The van der Waals surface area contributed by atoms with Gasteiger partial charge < -0.3 is 19.5 Å². The summed E-state index contributed by atoms with van der Waals surface area (Å²) >= 11 is 6.44. The van der Waals surface area contributed by atoms with E-state index in [1.807, 2.05) is 43.3 Å². The van der Waals surface area contributed by atoms with Crippen LogP contribution in [0.3, 0.4) is 0 Å². The van der Waals surface area contributed by atoms with Crippen molar-refractivity contribution in [3.05, 3.63) is 47.3 Å².